The summed E-state index contributed by atoms with van der Waals surface area (Å²) in [6.45, 7) is 4.66. The lowest BCUT2D eigenvalue weighted by molar-refractivity contribution is 0.102. The number of amides is 1. The first-order chi connectivity index (χ1) is 14.0. The predicted octanol–water partition coefficient (Wildman–Crippen LogP) is 6.08. The highest BCUT2D eigenvalue weighted by atomic mass is 35.5. The summed E-state index contributed by atoms with van der Waals surface area (Å²) in [5.41, 5.74) is 5.47. The first-order valence-electron chi connectivity index (χ1n) is 9.58. The first kappa shape index (κ1) is 20.7. The van der Waals surface area contributed by atoms with Gasteiger partial charge in [0.25, 0.3) is 5.91 Å². The van der Waals surface area contributed by atoms with Crippen LogP contribution >= 0.6 is 11.6 Å². The predicted molar refractivity (Wildman–Crippen MR) is 120 cm³/mol. The molecule has 0 aliphatic rings. The number of para-hydroxylation sites is 1. The van der Waals surface area contributed by atoms with E-state index in [0.29, 0.717) is 28.6 Å². The third-order valence-corrected chi connectivity index (χ3v) is 5.21. The van der Waals surface area contributed by atoms with Gasteiger partial charge in [0.2, 0.25) is 0 Å². The first-order valence-corrected chi connectivity index (χ1v) is 9.95. The number of halogens is 1. The molecule has 3 aromatic carbocycles. The van der Waals surface area contributed by atoms with Crippen LogP contribution in [0.4, 0.5) is 11.4 Å². The van der Waals surface area contributed by atoms with Gasteiger partial charge in [0.15, 0.2) is 0 Å². The molecule has 0 fully saturated rings. The lowest BCUT2D eigenvalue weighted by Gasteiger charge is -2.13. The molecule has 0 bridgehead atoms. The molecule has 1 amide bonds. The van der Waals surface area contributed by atoms with Gasteiger partial charge in [-0.25, -0.2) is 0 Å². The van der Waals surface area contributed by atoms with Crippen molar-refractivity contribution >= 4 is 28.9 Å². The largest absolute Gasteiger partial charge is 0.495 e. The second kappa shape index (κ2) is 9.48. The van der Waals surface area contributed by atoms with Gasteiger partial charge >= 0.3 is 0 Å². The fraction of sp³-hybridized carbons (Fsp3) is 0.208. The standard InChI is InChI=1S/C24H25ClN2O2/c1-4-18-9-5-6-11-21(18)26-15-17-8-7-10-19(13-17)24(28)27-22-12-16(2)20(25)14-23(22)29-3/h5-14,26H,4,15H2,1-3H3,(H,27,28). The maximum absolute atomic E-state index is 12.8. The summed E-state index contributed by atoms with van der Waals surface area (Å²) < 4.78 is 5.34. The molecule has 5 heteroatoms. The summed E-state index contributed by atoms with van der Waals surface area (Å²) in [5.74, 6) is 0.337. The van der Waals surface area contributed by atoms with E-state index < -0.39 is 0 Å². The zero-order valence-electron chi connectivity index (χ0n) is 16.9. The Morgan fingerprint density at radius 2 is 1.83 bits per heavy atom. The number of anilines is 2. The molecule has 3 rings (SSSR count). The van der Waals surface area contributed by atoms with Crippen LogP contribution in [-0.4, -0.2) is 13.0 Å². The average Bonchev–Trinajstić information content (AvgIpc) is 2.75. The summed E-state index contributed by atoms with van der Waals surface area (Å²) in [6.07, 6.45) is 0.966. The van der Waals surface area contributed by atoms with Crippen molar-refractivity contribution in [3.05, 3.63) is 87.9 Å². The Morgan fingerprint density at radius 1 is 1.03 bits per heavy atom. The van der Waals surface area contributed by atoms with Crippen molar-refractivity contribution in [3.8, 4) is 5.75 Å². The Balaban J connectivity index is 1.74. The monoisotopic (exact) mass is 408 g/mol. The molecule has 0 aliphatic carbocycles. The number of aryl methyl sites for hydroxylation is 2. The summed E-state index contributed by atoms with van der Waals surface area (Å²) in [7, 11) is 1.55. The summed E-state index contributed by atoms with van der Waals surface area (Å²) in [4.78, 5) is 12.8. The number of benzene rings is 3. The van der Waals surface area contributed by atoms with E-state index in [1.54, 1.807) is 19.2 Å². The number of carbonyl (C=O) groups excluding carboxylic acids is 1. The molecule has 2 N–H and O–H groups in total. The van der Waals surface area contributed by atoms with Crippen LogP contribution in [0, 0.1) is 6.92 Å². The molecular formula is C24H25ClN2O2. The average molecular weight is 409 g/mol. The minimum atomic E-state index is -0.194. The third-order valence-electron chi connectivity index (χ3n) is 4.80. The zero-order valence-corrected chi connectivity index (χ0v) is 17.6. The quantitative estimate of drug-likeness (QED) is 0.497. The van der Waals surface area contributed by atoms with Gasteiger partial charge in [-0.05, 0) is 54.3 Å². The number of carbonyl (C=O) groups is 1. The number of ether oxygens (including phenoxy) is 1. The molecule has 4 nitrogen and oxygen atoms in total. The molecule has 29 heavy (non-hydrogen) atoms. The minimum Gasteiger partial charge on any atom is -0.495 e. The fourth-order valence-corrected chi connectivity index (χ4v) is 3.30. The van der Waals surface area contributed by atoms with Crippen molar-refractivity contribution in [1.29, 1.82) is 0 Å². The zero-order chi connectivity index (χ0) is 20.8. The number of hydrogen-bond acceptors (Lipinski definition) is 3. The van der Waals surface area contributed by atoms with Gasteiger partial charge in [0.05, 0.1) is 12.8 Å². The Morgan fingerprint density at radius 3 is 2.59 bits per heavy atom. The second-order valence-electron chi connectivity index (χ2n) is 6.82. The lowest BCUT2D eigenvalue weighted by Crippen LogP contribution is -2.13. The summed E-state index contributed by atoms with van der Waals surface area (Å²) in [5, 5.41) is 6.98. The van der Waals surface area contributed by atoms with Crippen LogP contribution in [0.25, 0.3) is 0 Å². The third kappa shape index (κ3) is 5.09. The molecule has 0 spiro atoms. The Kier molecular flexibility index (Phi) is 6.78. The minimum absolute atomic E-state index is 0.194. The van der Waals surface area contributed by atoms with E-state index >= 15 is 0 Å². The molecule has 3 aromatic rings. The Hall–Kier alpha value is -2.98. The van der Waals surface area contributed by atoms with E-state index in [9.17, 15) is 4.79 Å². The van der Waals surface area contributed by atoms with E-state index in [4.69, 9.17) is 16.3 Å². The smallest absolute Gasteiger partial charge is 0.255 e. The number of rotatable bonds is 7. The maximum Gasteiger partial charge on any atom is 0.255 e. The van der Waals surface area contributed by atoms with Crippen LogP contribution in [0.1, 0.15) is 34.0 Å². The van der Waals surface area contributed by atoms with E-state index in [0.717, 1.165) is 23.2 Å². The molecule has 0 radical (unpaired) electrons. The number of nitrogens with one attached hydrogen (secondary N) is 2. The topological polar surface area (TPSA) is 50.4 Å². The van der Waals surface area contributed by atoms with E-state index in [1.807, 2.05) is 43.3 Å². The van der Waals surface area contributed by atoms with Crippen LogP contribution < -0.4 is 15.4 Å². The highest BCUT2D eigenvalue weighted by molar-refractivity contribution is 6.31. The highest BCUT2D eigenvalue weighted by Gasteiger charge is 2.12. The van der Waals surface area contributed by atoms with Gasteiger partial charge in [-0.1, -0.05) is 48.9 Å². The number of hydrogen-bond donors (Lipinski definition) is 2. The van der Waals surface area contributed by atoms with Crippen LogP contribution in [0.3, 0.4) is 0 Å². The molecule has 0 unspecified atom stereocenters. The molecule has 150 valence electrons. The SMILES string of the molecule is CCc1ccccc1NCc1cccc(C(=O)Nc2cc(C)c(Cl)cc2OC)c1. The van der Waals surface area contributed by atoms with Gasteiger partial charge in [0.1, 0.15) is 5.75 Å². The van der Waals surface area contributed by atoms with Gasteiger partial charge < -0.3 is 15.4 Å². The van der Waals surface area contributed by atoms with Gasteiger partial charge in [-0.15, -0.1) is 0 Å². The molecule has 0 saturated heterocycles. The van der Waals surface area contributed by atoms with Crippen molar-refractivity contribution < 1.29 is 9.53 Å². The second-order valence-corrected chi connectivity index (χ2v) is 7.23. The molecule has 0 aromatic heterocycles. The fourth-order valence-electron chi connectivity index (χ4n) is 3.15. The normalized spacial score (nSPS) is 10.5. The molecule has 0 heterocycles. The molecule has 0 saturated carbocycles. The molecule has 0 atom stereocenters. The molecule has 0 aliphatic heterocycles. The van der Waals surface area contributed by atoms with Crippen molar-refractivity contribution in [3.63, 3.8) is 0 Å². The number of methoxy groups -OCH3 is 1. The van der Waals surface area contributed by atoms with Crippen LogP contribution in [0.15, 0.2) is 60.7 Å². The Labute approximate surface area is 176 Å². The van der Waals surface area contributed by atoms with Crippen LogP contribution in [0.5, 0.6) is 5.75 Å². The van der Waals surface area contributed by atoms with E-state index in [-0.39, 0.29) is 5.91 Å². The summed E-state index contributed by atoms with van der Waals surface area (Å²) in [6, 6.07) is 19.4. The van der Waals surface area contributed by atoms with Crippen molar-refractivity contribution in [1.82, 2.24) is 0 Å². The maximum atomic E-state index is 12.8. The van der Waals surface area contributed by atoms with Crippen molar-refractivity contribution in [2.24, 2.45) is 0 Å². The van der Waals surface area contributed by atoms with E-state index in [1.165, 1.54) is 5.56 Å². The van der Waals surface area contributed by atoms with Crippen molar-refractivity contribution in [2.45, 2.75) is 26.8 Å². The lowest BCUT2D eigenvalue weighted by atomic mass is 10.1. The van der Waals surface area contributed by atoms with Crippen molar-refractivity contribution in [2.75, 3.05) is 17.7 Å². The van der Waals surface area contributed by atoms with Gasteiger partial charge in [-0.2, -0.15) is 0 Å². The van der Waals surface area contributed by atoms with Gasteiger partial charge in [-0.3, -0.25) is 4.79 Å². The van der Waals surface area contributed by atoms with Crippen LogP contribution in [-0.2, 0) is 13.0 Å². The van der Waals surface area contributed by atoms with E-state index in [2.05, 4.69) is 29.7 Å². The summed E-state index contributed by atoms with van der Waals surface area (Å²) >= 11 is 6.15. The molecular weight excluding hydrogens is 384 g/mol. The van der Waals surface area contributed by atoms with Crippen LogP contribution in [0.2, 0.25) is 5.02 Å². The highest BCUT2D eigenvalue weighted by Crippen LogP contribution is 2.31. The van der Waals surface area contributed by atoms with Gasteiger partial charge in [0, 0.05) is 28.9 Å². The Bertz CT molecular complexity index is 1020.